The van der Waals surface area contributed by atoms with E-state index in [0.717, 1.165) is 17.7 Å². The smallest absolute Gasteiger partial charge is 0.211 e. The van der Waals surface area contributed by atoms with Gasteiger partial charge in [-0.1, -0.05) is 36.9 Å². The van der Waals surface area contributed by atoms with Crippen LogP contribution in [0.4, 0.5) is 0 Å². The van der Waals surface area contributed by atoms with E-state index in [1.165, 1.54) is 11.8 Å². The Kier molecular flexibility index (Phi) is 7.52. The van der Waals surface area contributed by atoms with E-state index >= 15 is 0 Å². The second-order valence-electron chi connectivity index (χ2n) is 6.02. The molecule has 0 N–H and O–H groups in total. The summed E-state index contributed by atoms with van der Waals surface area (Å²) in [6.45, 7) is 2.95. The van der Waals surface area contributed by atoms with Crippen LogP contribution in [0.1, 0.15) is 24.7 Å². The highest BCUT2D eigenvalue weighted by Gasteiger charge is 2.12. The van der Waals surface area contributed by atoms with Gasteiger partial charge in [0, 0.05) is 0 Å². The van der Waals surface area contributed by atoms with Gasteiger partial charge in [-0.05, 0) is 48.6 Å². The molecule has 0 aliphatic rings. The average Bonchev–Trinajstić information content (AvgIpc) is 3.17. The molecular weight excluding hydrogens is 388 g/mol. The fourth-order valence-electron chi connectivity index (χ4n) is 2.52. The molecule has 3 rings (SSSR count). The van der Waals surface area contributed by atoms with Crippen LogP contribution in [-0.2, 0) is 6.61 Å². The minimum absolute atomic E-state index is 0.266. The largest absolute Gasteiger partial charge is 0.493 e. The maximum absolute atomic E-state index is 5.79. The highest BCUT2D eigenvalue weighted by atomic mass is 32.2. The predicted molar refractivity (Wildman–Crippen MR) is 114 cm³/mol. The van der Waals surface area contributed by atoms with Crippen LogP contribution in [0.5, 0.6) is 17.2 Å². The van der Waals surface area contributed by atoms with Gasteiger partial charge in [0.15, 0.2) is 17.3 Å². The lowest BCUT2D eigenvalue weighted by Gasteiger charge is -2.10. The number of hydrogen-bond donors (Lipinski definition) is 0. The summed E-state index contributed by atoms with van der Waals surface area (Å²) in [6.07, 6.45) is 4.60. The van der Waals surface area contributed by atoms with E-state index in [0.29, 0.717) is 29.1 Å². The third-order valence-corrected chi connectivity index (χ3v) is 4.56. The van der Waals surface area contributed by atoms with Gasteiger partial charge in [-0.2, -0.15) is 9.78 Å². The van der Waals surface area contributed by atoms with Crippen LogP contribution >= 0.6 is 11.8 Å². The molecule has 0 fully saturated rings. The number of thioether (sulfide) groups is 1. The molecule has 0 spiro atoms. The quantitative estimate of drug-likeness (QED) is 0.366. The van der Waals surface area contributed by atoms with Crippen molar-refractivity contribution in [1.29, 1.82) is 0 Å². The van der Waals surface area contributed by atoms with Crippen molar-refractivity contribution in [3.05, 3.63) is 59.9 Å². The maximum atomic E-state index is 5.79. The fraction of sp³-hybridized carbons (Fsp3) is 0.286. The molecule has 7 nitrogen and oxygen atoms in total. The molecule has 0 bridgehead atoms. The Hall–Kier alpha value is -3.00. The van der Waals surface area contributed by atoms with E-state index in [1.807, 2.05) is 54.8 Å². The highest BCUT2D eigenvalue weighted by molar-refractivity contribution is 7.98. The predicted octanol–water partition coefficient (Wildman–Crippen LogP) is 4.26. The number of nitrogens with zero attached hydrogens (tertiary/aromatic N) is 4. The first kappa shape index (κ1) is 20.7. The zero-order chi connectivity index (χ0) is 20.5. The van der Waals surface area contributed by atoms with Gasteiger partial charge in [0.25, 0.3) is 0 Å². The summed E-state index contributed by atoms with van der Waals surface area (Å²) >= 11 is 1.47. The third kappa shape index (κ3) is 5.51. The van der Waals surface area contributed by atoms with E-state index in [4.69, 9.17) is 14.2 Å². The van der Waals surface area contributed by atoms with Crippen LogP contribution in [0.2, 0.25) is 0 Å². The lowest BCUT2D eigenvalue weighted by atomic mass is 10.2. The number of ether oxygens (including phenoxy) is 3. The number of benzene rings is 2. The third-order valence-electron chi connectivity index (χ3n) is 3.94. The van der Waals surface area contributed by atoms with Crippen LogP contribution < -0.4 is 14.2 Å². The van der Waals surface area contributed by atoms with Crippen molar-refractivity contribution in [2.45, 2.75) is 25.1 Å². The Balaban J connectivity index is 1.79. The molecular formula is C21H24N4O3S. The molecule has 29 heavy (non-hydrogen) atoms. The minimum Gasteiger partial charge on any atom is -0.493 e. The maximum Gasteiger partial charge on any atom is 0.211 e. The number of hydrogen-bond acceptors (Lipinski definition) is 7. The Morgan fingerprint density at radius 1 is 1.07 bits per heavy atom. The van der Waals surface area contributed by atoms with Crippen LogP contribution in [0.15, 0.2) is 58.8 Å². The van der Waals surface area contributed by atoms with Crippen LogP contribution in [0.3, 0.4) is 0 Å². The van der Waals surface area contributed by atoms with Gasteiger partial charge in [0.05, 0.1) is 19.9 Å². The van der Waals surface area contributed by atoms with Crippen molar-refractivity contribution in [3.63, 3.8) is 0 Å². The molecule has 1 heterocycles. The van der Waals surface area contributed by atoms with Gasteiger partial charge in [-0.15, -0.1) is 10.2 Å². The van der Waals surface area contributed by atoms with E-state index in [2.05, 4.69) is 22.2 Å². The SMILES string of the molecule is CCCOc1cc(/C=N\n2c(COc3ccccc3)nnc2SC)ccc1OC. The molecule has 0 aliphatic carbocycles. The monoisotopic (exact) mass is 412 g/mol. The number of rotatable bonds is 10. The lowest BCUT2D eigenvalue weighted by Crippen LogP contribution is -2.05. The summed E-state index contributed by atoms with van der Waals surface area (Å²) < 4.78 is 18.6. The molecule has 0 amide bonds. The zero-order valence-electron chi connectivity index (χ0n) is 16.7. The molecule has 0 aliphatic heterocycles. The first-order valence-corrected chi connectivity index (χ1v) is 10.5. The summed E-state index contributed by atoms with van der Waals surface area (Å²) in [7, 11) is 1.63. The number of para-hydroxylation sites is 1. The standard InChI is InChI=1S/C21H24N4O3S/c1-4-12-27-19-13-16(10-11-18(19)26-2)14-22-25-20(23-24-21(25)29-3)15-28-17-8-6-5-7-9-17/h5-11,13-14H,4,12,15H2,1-3H3/b22-14-. The second-order valence-corrected chi connectivity index (χ2v) is 6.79. The molecule has 1 aromatic heterocycles. The summed E-state index contributed by atoms with van der Waals surface area (Å²) in [4.78, 5) is 0. The van der Waals surface area contributed by atoms with Crippen LogP contribution in [0, 0.1) is 0 Å². The Morgan fingerprint density at radius 3 is 2.62 bits per heavy atom. The Labute approximate surface area is 174 Å². The molecule has 8 heteroatoms. The molecule has 3 aromatic rings. The van der Waals surface area contributed by atoms with E-state index in [9.17, 15) is 0 Å². The van der Waals surface area contributed by atoms with Crippen molar-refractivity contribution in [2.75, 3.05) is 20.0 Å². The van der Waals surface area contributed by atoms with Crippen molar-refractivity contribution in [1.82, 2.24) is 14.9 Å². The first-order valence-electron chi connectivity index (χ1n) is 9.26. The first-order chi connectivity index (χ1) is 14.2. The Morgan fingerprint density at radius 2 is 1.90 bits per heavy atom. The van der Waals surface area contributed by atoms with E-state index in [-0.39, 0.29) is 6.61 Å². The summed E-state index contributed by atoms with van der Waals surface area (Å²) in [6, 6.07) is 15.3. The minimum atomic E-state index is 0.266. The van der Waals surface area contributed by atoms with Gasteiger partial charge >= 0.3 is 0 Å². The average molecular weight is 413 g/mol. The number of aromatic nitrogens is 3. The van der Waals surface area contributed by atoms with Crippen molar-refractivity contribution in [2.24, 2.45) is 5.10 Å². The van der Waals surface area contributed by atoms with Gasteiger partial charge in [-0.25, -0.2) is 0 Å². The van der Waals surface area contributed by atoms with Crippen LogP contribution in [-0.4, -0.2) is 41.1 Å². The number of methoxy groups -OCH3 is 1. The summed E-state index contributed by atoms with van der Waals surface area (Å²) in [5, 5.41) is 13.6. The van der Waals surface area contributed by atoms with Crippen molar-refractivity contribution in [3.8, 4) is 17.2 Å². The molecule has 0 atom stereocenters. The van der Waals surface area contributed by atoms with Gasteiger partial charge in [-0.3, -0.25) is 0 Å². The molecule has 0 saturated carbocycles. The van der Waals surface area contributed by atoms with E-state index in [1.54, 1.807) is 18.0 Å². The van der Waals surface area contributed by atoms with Gasteiger partial charge in [0.2, 0.25) is 5.16 Å². The molecule has 0 radical (unpaired) electrons. The Bertz CT molecular complexity index is 944. The zero-order valence-corrected chi connectivity index (χ0v) is 17.6. The normalized spacial score (nSPS) is 11.0. The lowest BCUT2D eigenvalue weighted by molar-refractivity contribution is 0.290. The van der Waals surface area contributed by atoms with Crippen LogP contribution in [0.25, 0.3) is 0 Å². The fourth-order valence-corrected chi connectivity index (χ4v) is 2.96. The topological polar surface area (TPSA) is 70.8 Å². The van der Waals surface area contributed by atoms with Crippen molar-refractivity contribution < 1.29 is 14.2 Å². The van der Waals surface area contributed by atoms with Gasteiger partial charge in [0.1, 0.15) is 12.4 Å². The molecule has 0 unspecified atom stereocenters. The highest BCUT2D eigenvalue weighted by Crippen LogP contribution is 2.27. The van der Waals surface area contributed by atoms with Gasteiger partial charge < -0.3 is 14.2 Å². The summed E-state index contributed by atoms with van der Waals surface area (Å²) in [5.41, 5.74) is 0.882. The molecule has 2 aromatic carbocycles. The second kappa shape index (κ2) is 10.5. The summed E-state index contributed by atoms with van der Waals surface area (Å²) in [5.74, 6) is 2.77. The molecule has 152 valence electrons. The molecule has 0 saturated heterocycles. The van der Waals surface area contributed by atoms with Crippen molar-refractivity contribution >= 4 is 18.0 Å². The van der Waals surface area contributed by atoms with E-state index < -0.39 is 0 Å².